The van der Waals surface area contributed by atoms with E-state index in [1.165, 1.54) is 66.6 Å². The highest BCUT2D eigenvalue weighted by Crippen LogP contribution is 2.36. The van der Waals surface area contributed by atoms with Crippen LogP contribution in [0, 0.1) is 5.92 Å². The molecule has 0 heterocycles. The Bertz CT molecular complexity index is 2260. The van der Waals surface area contributed by atoms with E-state index in [0.717, 1.165) is 25.8 Å². The van der Waals surface area contributed by atoms with E-state index in [0.29, 0.717) is 5.92 Å². The third kappa shape index (κ3) is 7.66. The van der Waals surface area contributed by atoms with E-state index in [9.17, 15) is 0 Å². The van der Waals surface area contributed by atoms with E-state index in [4.69, 9.17) is 0 Å². The molecule has 2 aliphatic carbocycles. The summed E-state index contributed by atoms with van der Waals surface area (Å²) in [5.41, 5.74) is 9.99. The van der Waals surface area contributed by atoms with Crippen LogP contribution in [-0.4, -0.2) is 13.6 Å². The maximum absolute atomic E-state index is 3.36. The summed E-state index contributed by atoms with van der Waals surface area (Å²) in [5, 5.41) is 5.06. The second-order valence-electron chi connectivity index (χ2n) is 13.4. The fraction of sp³-hybridized carbons (Fsp3) is 0.143. The lowest BCUT2D eigenvalue weighted by Crippen LogP contribution is -2.25. The molecule has 0 spiro atoms. The summed E-state index contributed by atoms with van der Waals surface area (Å²) in [6, 6.07) is 48.8. The van der Waals surface area contributed by atoms with Crippen molar-refractivity contribution in [1.82, 2.24) is 0 Å². The van der Waals surface area contributed by atoms with Crippen LogP contribution in [0.3, 0.4) is 0 Å². The molecule has 0 amide bonds. The van der Waals surface area contributed by atoms with Gasteiger partial charge in [0.2, 0.25) is 0 Å². The minimum Gasteiger partial charge on any atom is -0.344 e. The topological polar surface area (TPSA) is 6.48 Å². The lowest BCUT2D eigenvalue weighted by molar-refractivity contribution is 0.659. The third-order valence-corrected chi connectivity index (χ3v) is 9.82. The largest absolute Gasteiger partial charge is 0.344 e. The van der Waals surface area contributed by atoms with Gasteiger partial charge in [0.1, 0.15) is 0 Å². The molecular weight excluding hydrogens is 617 g/mol. The lowest BCUT2D eigenvalue weighted by atomic mass is 9.91. The summed E-state index contributed by atoms with van der Waals surface area (Å²) in [6.07, 6.45) is 19.0. The first kappa shape index (κ1) is 33.6. The molecule has 0 bridgehead atoms. The average molecular weight is 663 g/mol. The van der Waals surface area contributed by atoms with Crippen LogP contribution in [0.5, 0.6) is 0 Å². The Morgan fingerprint density at radius 1 is 0.627 bits per heavy atom. The molecule has 2 aliphatic rings. The van der Waals surface area contributed by atoms with Gasteiger partial charge in [-0.25, -0.2) is 0 Å². The Morgan fingerprint density at radius 2 is 1.31 bits per heavy atom. The van der Waals surface area contributed by atoms with E-state index >= 15 is 0 Å². The summed E-state index contributed by atoms with van der Waals surface area (Å²) in [4.78, 5) is 4.80. The van der Waals surface area contributed by atoms with Crippen LogP contribution in [0.2, 0.25) is 0 Å². The molecule has 0 saturated heterocycles. The zero-order valence-electron chi connectivity index (χ0n) is 29.8. The predicted octanol–water partition coefficient (Wildman–Crippen LogP) is 13.5. The fourth-order valence-electron chi connectivity index (χ4n) is 7.20. The number of benzene rings is 6. The molecule has 0 aromatic heterocycles. The van der Waals surface area contributed by atoms with Crippen LogP contribution < -0.4 is 9.80 Å². The molecular formula is C49H46N2. The summed E-state index contributed by atoms with van der Waals surface area (Å²) in [7, 11) is 2.16. The van der Waals surface area contributed by atoms with Crippen molar-refractivity contribution < 1.29 is 0 Å². The van der Waals surface area contributed by atoms with Gasteiger partial charge in [-0.3, -0.25) is 0 Å². The van der Waals surface area contributed by atoms with Gasteiger partial charge in [-0.05, 0) is 113 Å². The van der Waals surface area contributed by atoms with Crippen molar-refractivity contribution in [2.45, 2.75) is 26.2 Å². The summed E-state index contributed by atoms with van der Waals surface area (Å²) >= 11 is 0. The lowest BCUT2D eigenvalue weighted by Gasteiger charge is -2.30. The number of anilines is 4. The predicted molar refractivity (Wildman–Crippen MR) is 223 cm³/mol. The van der Waals surface area contributed by atoms with Crippen LogP contribution in [0.15, 0.2) is 183 Å². The van der Waals surface area contributed by atoms with E-state index in [1.54, 1.807) is 6.08 Å². The maximum atomic E-state index is 3.36. The third-order valence-electron chi connectivity index (χ3n) is 9.82. The molecule has 51 heavy (non-hydrogen) atoms. The highest BCUT2D eigenvalue weighted by atomic mass is 15.1. The van der Waals surface area contributed by atoms with Gasteiger partial charge in [0.25, 0.3) is 0 Å². The maximum Gasteiger partial charge on any atom is 0.0487 e. The van der Waals surface area contributed by atoms with Gasteiger partial charge in [-0.1, -0.05) is 134 Å². The van der Waals surface area contributed by atoms with Crippen molar-refractivity contribution in [3.05, 3.63) is 194 Å². The Kier molecular flexibility index (Phi) is 10.4. The molecule has 8 rings (SSSR count). The van der Waals surface area contributed by atoms with Crippen molar-refractivity contribution >= 4 is 55.4 Å². The molecule has 2 nitrogen and oxygen atoms in total. The molecule has 6 aromatic rings. The number of allylic oxidation sites excluding steroid dienone is 8. The Hall–Kier alpha value is -5.86. The van der Waals surface area contributed by atoms with Crippen LogP contribution in [0.4, 0.5) is 22.7 Å². The van der Waals surface area contributed by atoms with Crippen LogP contribution >= 0.6 is 0 Å². The summed E-state index contributed by atoms with van der Waals surface area (Å²) in [6.45, 7) is 6.15. The Morgan fingerprint density at radius 3 is 2.12 bits per heavy atom. The first-order chi connectivity index (χ1) is 25.1. The zero-order valence-corrected chi connectivity index (χ0v) is 29.8. The van der Waals surface area contributed by atoms with Gasteiger partial charge in [0, 0.05) is 41.7 Å². The van der Waals surface area contributed by atoms with Crippen LogP contribution in [-0.2, 0) is 0 Å². The molecule has 2 heteroatoms. The average Bonchev–Trinajstić information content (AvgIpc) is 3.20. The first-order valence-electron chi connectivity index (χ1n) is 18.1. The van der Waals surface area contributed by atoms with Gasteiger partial charge in [-0.2, -0.15) is 0 Å². The molecule has 0 aliphatic heterocycles. The van der Waals surface area contributed by atoms with Crippen molar-refractivity contribution in [2.75, 3.05) is 23.4 Å². The highest BCUT2D eigenvalue weighted by Gasteiger charge is 2.19. The van der Waals surface area contributed by atoms with Crippen molar-refractivity contribution in [3.8, 4) is 0 Å². The monoisotopic (exact) mass is 662 g/mol. The molecule has 252 valence electrons. The summed E-state index contributed by atoms with van der Waals surface area (Å²) < 4.78 is 0. The van der Waals surface area contributed by atoms with E-state index in [-0.39, 0.29) is 0 Å². The number of nitrogens with zero attached hydrogens (tertiary/aromatic N) is 2. The molecule has 1 unspecified atom stereocenters. The van der Waals surface area contributed by atoms with Gasteiger partial charge in [-0.15, -0.1) is 6.58 Å². The molecule has 0 radical (unpaired) electrons. The van der Waals surface area contributed by atoms with Crippen LogP contribution in [0.1, 0.15) is 37.3 Å². The quantitative estimate of drug-likeness (QED) is 0.150. The van der Waals surface area contributed by atoms with E-state index in [1.807, 2.05) is 6.92 Å². The standard InChI is InChI=1S/C46H40N2.C3H6/c1-47(46-23-11-18-38-16-7-8-22-45(38)46)42-27-24-37(25-28-42)39-19-9-12-34(30-39)33-48(44-29-26-36-15-5-6-17-40(36)32-44)43-21-10-20-41(31-43)35-13-3-2-4-14-35;1-3-2/h3,5-11,13-32,34H,2,4,12,33H2,1H3;3H,1H2,2H3. The van der Waals surface area contributed by atoms with Crippen molar-refractivity contribution in [1.29, 1.82) is 0 Å². The van der Waals surface area contributed by atoms with Gasteiger partial charge in [0.05, 0.1) is 0 Å². The Labute approximate surface area is 303 Å². The fourth-order valence-corrected chi connectivity index (χ4v) is 7.20. The van der Waals surface area contributed by atoms with Gasteiger partial charge >= 0.3 is 0 Å². The minimum absolute atomic E-state index is 0.368. The second kappa shape index (κ2) is 15.8. The van der Waals surface area contributed by atoms with E-state index in [2.05, 4.69) is 193 Å². The van der Waals surface area contributed by atoms with Gasteiger partial charge in [0.15, 0.2) is 0 Å². The Balaban J connectivity index is 0.00000131. The van der Waals surface area contributed by atoms with E-state index < -0.39 is 0 Å². The first-order valence-corrected chi connectivity index (χ1v) is 18.1. The molecule has 0 N–H and O–H groups in total. The number of fused-ring (bicyclic) bond motifs is 2. The second-order valence-corrected chi connectivity index (χ2v) is 13.4. The summed E-state index contributed by atoms with van der Waals surface area (Å²) in [5.74, 6) is 0.368. The van der Waals surface area contributed by atoms with Crippen molar-refractivity contribution in [3.63, 3.8) is 0 Å². The normalized spacial score (nSPS) is 15.1. The zero-order chi connectivity index (χ0) is 35.0. The smallest absolute Gasteiger partial charge is 0.0487 e. The number of rotatable bonds is 8. The SMILES string of the molecule is C=CC.CN(c1ccc(C2=CC(CN(c3cccc(C4=CCCC=C4)c3)c3ccc4ccccc4c3)CC=C2)cc1)c1cccc2ccccc12. The van der Waals surface area contributed by atoms with Crippen LogP contribution in [0.25, 0.3) is 32.7 Å². The highest BCUT2D eigenvalue weighted by molar-refractivity contribution is 5.96. The molecule has 0 fully saturated rings. The molecule has 0 saturated carbocycles. The molecule has 6 aromatic carbocycles. The van der Waals surface area contributed by atoms with Gasteiger partial charge < -0.3 is 9.80 Å². The number of hydrogen-bond donors (Lipinski definition) is 0. The number of hydrogen-bond acceptors (Lipinski definition) is 2. The minimum atomic E-state index is 0.368. The molecule has 1 atom stereocenters. The van der Waals surface area contributed by atoms with Crippen molar-refractivity contribution in [2.24, 2.45) is 5.92 Å².